The van der Waals surface area contributed by atoms with E-state index in [1.54, 1.807) is 4.68 Å². The zero-order chi connectivity index (χ0) is 17.9. The summed E-state index contributed by atoms with van der Waals surface area (Å²) in [6.45, 7) is 8.42. The monoisotopic (exact) mass is 366 g/mol. The van der Waals surface area contributed by atoms with Gasteiger partial charge >= 0.3 is 0 Å². The van der Waals surface area contributed by atoms with E-state index in [0.717, 1.165) is 16.9 Å². The number of halogens is 1. The van der Waals surface area contributed by atoms with Gasteiger partial charge in [0.25, 0.3) is 0 Å². The number of nitrogens with two attached hydrogens (primary N) is 1. The zero-order valence-electron chi connectivity index (χ0n) is 15.4. The van der Waals surface area contributed by atoms with Crippen molar-refractivity contribution in [3.63, 3.8) is 0 Å². The standard InChI is InChI=1S/C18H26N4O2.ClH/c1-12-8-6-7-9-14(12)22-16(10-15(21-22)18(2,3)4)20-17(23)13(19)11-24-5;/h6-10,13H,11,19H2,1-5H3,(H,20,23);1H. The number of carbonyl (C=O) groups is 1. The Kier molecular flexibility index (Phi) is 7.17. The van der Waals surface area contributed by atoms with Crippen LogP contribution in [0.15, 0.2) is 30.3 Å². The predicted octanol–water partition coefficient (Wildman–Crippen LogP) is 2.81. The maximum Gasteiger partial charge on any atom is 0.244 e. The van der Waals surface area contributed by atoms with Crippen LogP contribution < -0.4 is 11.1 Å². The summed E-state index contributed by atoms with van der Waals surface area (Å²) in [7, 11) is 1.52. The smallest absolute Gasteiger partial charge is 0.244 e. The van der Waals surface area contributed by atoms with Crippen molar-refractivity contribution in [3.8, 4) is 5.69 Å². The van der Waals surface area contributed by atoms with E-state index < -0.39 is 6.04 Å². The van der Waals surface area contributed by atoms with Crippen molar-refractivity contribution in [1.29, 1.82) is 0 Å². The van der Waals surface area contributed by atoms with E-state index >= 15 is 0 Å². The highest BCUT2D eigenvalue weighted by molar-refractivity contribution is 5.94. The normalized spacial score (nSPS) is 12.4. The number of nitrogens with zero attached hydrogens (tertiary/aromatic N) is 2. The van der Waals surface area contributed by atoms with Gasteiger partial charge < -0.3 is 15.8 Å². The second-order valence-electron chi connectivity index (χ2n) is 6.91. The van der Waals surface area contributed by atoms with Gasteiger partial charge in [-0.25, -0.2) is 4.68 Å². The largest absolute Gasteiger partial charge is 0.383 e. The van der Waals surface area contributed by atoms with Crippen LogP contribution in [0.4, 0.5) is 5.82 Å². The zero-order valence-corrected chi connectivity index (χ0v) is 16.2. The van der Waals surface area contributed by atoms with E-state index in [-0.39, 0.29) is 30.3 Å². The molecule has 0 aliphatic heterocycles. The number of methoxy groups -OCH3 is 1. The number of aryl methyl sites for hydroxylation is 1. The van der Waals surface area contributed by atoms with Crippen molar-refractivity contribution >= 4 is 24.1 Å². The molecule has 1 amide bonds. The molecule has 0 aliphatic rings. The molecule has 0 saturated heterocycles. The van der Waals surface area contributed by atoms with Crippen LogP contribution >= 0.6 is 12.4 Å². The van der Waals surface area contributed by atoms with Crippen LogP contribution in [-0.4, -0.2) is 35.4 Å². The molecule has 1 aromatic heterocycles. The van der Waals surface area contributed by atoms with E-state index in [1.807, 2.05) is 37.3 Å². The summed E-state index contributed by atoms with van der Waals surface area (Å²) in [6, 6.07) is 9.07. The lowest BCUT2D eigenvalue weighted by atomic mass is 9.92. The molecular formula is C18H27ClN4O2. The minimum Gasteiger partial charge on any atom is -0.383 e. The van der Waals surface area contributed by atoms with Crippen molar-refractivity contribution in [2.75, 3.05) is 19.0 Å². The molecule has 1 atom stereocenters. The Hall–Kier alpha value is -1.89. The SMILES string of the molecule is COCC(N)C(=O)Nc1cc(C(C)(C)C)nn1-c1ccccc1C.Cl. The summed E-state index contributed by atoms with van der Waals surface area (Å²) in [5.41, 5.74) is 8.56. The van der Waals surface area contributed by atoms with Crippen LogP contribution in [-0.2, 0) is 14.9 Å². The molecule has 2 aromatic rings. The molecule has 0 spiro atoms. The van der Waals surface area contributed by atoms with Crippen molar-refractivity contribution in [3.05, 3.63) is 41.6 Å². The Morgan fingerprint density at radius 3 is 2.56 bits per heavy atom. The number of carbonyl (C=O) groups excluding carboxylic acids is 1. The van der Waals surface area contributed by atoms with Crippen LogP contribution in [0, 0.1) is 6.92 Å². The third kappa shape index (κ3) is 5.04. The van der Waals surface area contributed by atoms with Crippen molar-refractivity contribution in [2.45, 2.75) is 39.2 Å². The van der Waals surface area contributed by atoms with Gasteiger partial charge in [0.05, 0.1) is 18.0 Å². The number of hydrogen-bond donors (Lipinski definition) is 2. The topological polar surface area (TPSA) is 82.2 Å². The lowest BCUT2D eigenvalue weighted by molar-refractivity contribution is -0.118. The maximum atomic E-state index is 12.3. The van der Waals surface area contributed by atoms with Crippen LogP contribution in [0.25, 0.3) is 5.69 Å². The number of amides is 1. The summed E-state index contributed by atoms with van der Waals surface area (Å²) in [4.78, 5) is 12.3. The van der Waals surface area contributed by atoms with Crippen molar-refractivity contribution in [1.82, 2.24) is 9.78 Å². The minimum atomic E-state index is -0.728. The Labute approximate surface area is 155 Å². The first-order valence-electron chi connectivity index (χ1n) is 7.96. The van der Waals surface area contributed by atoms with E-state index in [1.165, 1.54) is 7.11 Å². The van der Waals surface area contributed by atoms with Gasteiger partial charge in [-0.05, 0) is 18.6 Å². The van der Waals surface area contributed by atoms with Crippen LogP contribution in [0.2, 0.25) is 0 Å². The van der Waals surface area contributed by atoms with E-state index in [0.29, 0.717) is 5.82 Å². The molecule has 138 valence electrons. The quantitative estimate of drug-likeness (QED) is 0.852. The van der Waals surface area contributed by atoms with Gasteiger partial charge in [-0.3, -0.25) is 4.79 Å². The lowest BCUT2D eigenvalue weighted by Crippen LogP contribution is -2.39. The van der Waals surface area contributed by atoms with Crippen LogP contribution in [0.5, 0.6) is 0 Å². The third-order valence-electron chi connectivity index (χ3n) is 3.76. The summed E-state index contributed by atoms with van der Waals surface area (Å²) in [5.74, 6) is 0.304. The summed E-state index contributed by atoms with van der Waals surface area (Å²) in [5, 5.41) is 7.57. The second-order valence-corrected chi connectivity index (χ2v) is 6.91. The van der Waals surface area contributed by atoms with Crippen molar-refractivity contribution < 1.29 is 9.53 Å². The van der Waals surface area contributed by atoms with Crippen molar-refractivity contribution in [2.24, 2.45) is 5.73 Å². The maximum absolute atomic E-state index is 12.3. The molecule has 1 unspecified atom stereocenters. The fourth-order valence-corrected chi connectivity index (χ4v) is 2.30. The average molecular weight is 367 g/mol. The first-order chi connectivity index (χ1) is 11.2. The first-order valence-corrected chi connectivity index (χ1v) is 7.96. The molecule has 0 radical (unpaired) electrons. The van der Waals surface area contributed by atoms with Crippen LogP contribution in [0.1, 0.15) is 32.0 Å². The molecule has 2 rings (SSSR count). The number of benzene rings is 1. The van der Waals surface area contributed by atoms with Gasteiger partial charge in [0.2, 0.25) is 5.91 Å². The Balaban J connectivity index is 0.00000312. The summed E-state index contributed by atoms with van der Waals surface area (Å²) >= 11 is 0. The van der Waals surface area contributed by atoms with Gasteiger partial charge in [-0.1, -0.05) is 39.0 Å². The number of para-hydroxylation sites is 1. The van der Waals surface area contributed by atoms with Gasteiger partial charge in [0.1, 0.15) is 11.9 Å². The minimum absolute atomic E-state index is 0. The van der Waals surface area contributed by atoms with E-state index in [9.17, 15) is 4.79 Å². The molecule has 1 heterocycles. The second kappa shape index (κ2) is 8.47. The number of hydrogen-bond acceptors (Lipinski definition) is 4. The number of nitrogens with one attached hydrogen (secondary N) is 1. The molecular weight excluding hydrogens is 340 g/mol. The Bertz CT molecular complexity index is 722. The highest BCUT2D eigenvalue weighted by Gasteiger charge is 2.23. The molecule has 0 bridgehead atoms. The van der Waals surface area contributed by atoms with Crippen LogP contribution in [0.3, 0.4) is 0 Å². The highest BCUT2D eigenvalue weighted by atomic mass is 35.5. The highest BCUT2D eigenvalue weighted by Crippen LogP contribution is 2.27. The summed E-state index contributed by atoms with van der Waals surface area (Å²) < 4.78 is 6.70. The Morgan fingerprint density at radius 1 is 1.36 bits per heavy atom. The number of ether oxygens (including phenoxy) is 1. The number of aromatic nitrogens is 2. The third-order valence-corrected chi connectivity index (χ3v) is 3.76. The average Bonchev–Trinajstić information content (AvgIpc) is 2.92. The number of rotatable bonds is 5. The van der Waals surface area contributed by atoms with Gasteiger partial charge in [-0.2, -0.15) is 5.10 Å². The molecule has 25 heavy (non-hydrogen) atoms. The first kappa shape index (κ1) is 21.2. The molecule has 6 nitrogen and oxygen atoms in total. The van der Waals surface area contributed by atoms with Gasteiger partial charge in [-0.15, -0.1) is 12.4 Å². The van der Waals surface area contributed by atoms with Gasteiger partial charge in [0, 0.05) is 18.6 Å². The molecule has 1 aromatic carbocycles. The lowest BCUT2D eigenvalue weighted by Gasteiger charge is -2.14. The van der Waals surface area contributed by atoms with E-state index in [2.05, 4.69) is 26.1 Å². The predicted molar refractivity (Wildman–Crippen MR) is 103 cm³/mol. The molecule has 0 fully saturated rings. The molecule has 3 N–H and O–H groups in total. The molecule has 0 aliphatic carbocycles. The summed E-state index contributed by atoms with van der Waals surface area (Å²) in [6.07, 6.45) is 0. The fraction of sp³-hybridized carbons (Fsp3) is 0.444. The Morgan fingerprint density at radius 2 is 2.00 bits per heavy atom. The number of anilines is 1. The van der Waals surface area contributed by atoms with E-state index in [4.69, 9.17) is 15.6 Å². The fourth-order valence-electron chi connectivity index (χ4n) is 2.30. The molecule has 0 saturated carbocycles. The molecule has 7 heteroatoms. The van der Waals surface area contributed by atoms with Gasteiger partial charge in [0.15, 0.2) is 0 Å².